The smallest absolute Gasteiger partial charge is 0.314 e. The Morgan fingerprint density at radius 3 is 2.53 bits per heavy atom. The van der Waals surface area contributed by atoms with Crippen molar-refractivity contribution in [2.75, 3.05) is 26.3 Å². The first-order chi connectivity index (χ1) is 17.6. The number of rotatable bonds is 7. The monoisotopic (exact) mass is 491 g/mol. The summed E-state index contributed by atoms with van der Waals surface area (Å²) >= 11 is 0. The summed E-state index contributed by atoms with van der Waals surface area (Å²) in [5.74, 6) is -0.622. The third-order valence-corrected chi connectivity index (χ3v) is 6.27. The predicted octanol–water partition coefficient (Wildman–Crippen LogP) is 4.29. The van der Waals surface area contributed by atoms with Gasteiger partial charge in [0.25, 0.3) is 5.89 Å². The van der Waals surface area contributed by atoms with Crippen molar-refractivity contribution in [3.8, 4) is 22.7 Å². The fourth-order valence-electron chi connectivity index (χ4n) is 4.36. The molecule has 5 aromatic rings. The highest BCUT2D eigenvalue weighted by molar-refractivity contribution is 5.87. The Bertz CT molecular complexity index is 1470. The van der Waals surface area contributed by atoms with E-state index in [-0.39, 0.29) is 5.89 Å². The second-order valence-electron chi connectivity index (χ2n) is 8.71. The van der Waals surface area contributed by atoms with Crippen LogP contribution in [0.15, 0.2) is 59.3 Å². The Morgan fingerprint density at radius 2 is 1.75 bits per heavy atom. The number of aromatic nitrogens is 6. The minimum Gasteiger partial charge on any atom is -0.415 e. The van der Waals surface area contributed by atoms with Gasteiger partial charge in [-0.25, -0.2) is 4.68 Å². The quantitative estimate of drug-likeness (QED) is 0.363. The van der Waals surface area contributed by atoms with E-state index in [0.29, 0.717) is 12.1 Å². The van der Waals surface area contributed by atoms with Crippen LogP contribution in [0.1, 0.15) is 23.4 Å². The SMILES string of the molecule is FC(F)c1nnc(-c2ccc(Cn3cc(-c4ccc5[nH]cc(CN6CCOCC6)c5c4)nn3)cc2)o1. The van der Waals surface area contributed by atoms with Crippen LogP contribution in [0, 0.1) is 0 Å². The maximum absolute atomic E-state index is 12.7. The number of ether oxygens (including phenoxy) is 1. The van der Waals surface area contributed by atoms with Gasteiger partial charge in [-0.15, -0.1) is 15.3 Å². The summed E-state index contributed by atoms with van der Waals surface area (Å²) in [6.45, 7) is 4.81. The molecule has 0 amide bonds. The van der Waals surface area contributed by atoms with Crippen molar-refractivity contribution in [1.82, 2.24) is 35.1 Å². The zero-order valence-electron chi connectivity index (χ0n) is 19.3. The minimum atomic E-state index is -2.79. The fraction of sp³-hybridized carbons (Fsp3) is 0.280. The third kappa shape index (κ3) is 4.62. The standard InChI is InChI=1S/C25H23F2N7O2/c26-23(27)25-31-30-24(36-25)17-3-1-16(2-4-17)13-34-15-22(29-32-34)18-5-6-21-20(11-18)19(12-28-21)14-33-7-9-35-10-8-33/h1-6,11-12,15,23,28H,7-10,13-14H2. The van der Waals surface area contributed by atoms with E-state index in [9.17, 15) is 8.78 Å². The molecule has 1 saturated heterocycles. The zero-order valence-corrected chi connectivity index (χ0v) is 19.3. The van der Waals surface area contributed by atoms with Crippen molar-refractivity contribution >= 4 is 10.9 Å². The number of aromatic amines is 1. The summed E-state index contributed by atoms with van der Waals surface area (Å²) in [5, 5.41) is 16.9. The molecule has 2 aromatic carbocycles. The van der Waals surface area contributed by atoms with Crippen LogP contribution >= 0.6 is 0 Å². The molecule has 1 fully saturated rings. The minimum absolute atomic E-state index is 0.0630. The van der Waals surface area contributed by atoms with E-state index >= 15 is 0 Å². The molecular formula is C25H23F2N7O2. The molecule has 0 saturated carbocycles. The maximum Gasteiger partial charge on any atom is 0.314 e. The van der Waals surface area contributed by atoms with E-state index in [0.717, 1.165) is 55.2 Å². The van der Waals surface area contributed by atoms with E-state index in [4.69, 9.17) is 9.15 Å². The van der Waals surface area contributed by atoms with Gasteiger partial charge in [0.15, 0.2) is 0 Å². The molecule has 36 heavy (non-hydrogen) atoms. The number of morpholine rings is 1. The largest absolute Gasteiger partial charge is 0.415 e. The lowest BCUT2D eigenvalue weighted by atomic mass is 10.1. The summed E-state index contributed by atoms with van der Waals surface area (Å²) in [7, 11) is 0. The van der Waals surface area contributed by atoms with Crippen LogP contribution < -0.4 is 0 Å². The average molecular weight is 492 g/mol. The highest BCUT2D eigenvalue weighted by Gasteiger charge is 2.17. The molecule has 184 valence electrons. The van der Waals surface area contributed by atoms with Crippen LogP contribution in [-0.2, 0) is 17.8 Å². The summed E-state index contributed by atoms with van der Waals surface area (Å²) in [6, 6.07) is 13.5. The van der Waals surface area contributed by atoms with E-state index in [2.05, 4.69) is 48.7 Å². The van der Waals surface area contributed by atoms with Gasteiger partial charge in [0.1, 0.15) is 5.69 Å². The van der Waals surface area contributed by atoms with Crippen LogP contribution in [0.5, 0.6) is 0 Å². The molecule has 0 radical (unpaired) electrons. The lowest BCUT2D eigenvalue weighted by Crippen LogP contribution is -2.35. The molecule has 6 rings (SSSR count). The van der Waals surface area contributed by atoms with Crippen molar-refractivity contribution in [2.45, 2.75) is 19.5 Å². The second kappa shape index (κ2) is 9.59. The molecule has 0 unspecified atom stereocenters. The van der Waals surface area contributed by atoms with Crippen molar-refractivity contribution < 1.29 is 17.9 Å². The number of benzene rings is 2. The normalized spacial score (nSPS) is 14.8. The van der Waals surface area contributed by atoms with Crippen molar-refractivity contribution in [1.29, 1.82) is 0 Å². The fourth-order valence-corrected chi connectivity index (χ4v) is 4.36. The van der Waals surface area contributed by atoms with Gasteiger partial charge >= 0.3 is 6.43 Å². The topological polar surface area (TPSA) is 97.9 Å². The van der Waals surface area contributed by atoms with Crippen molar-refractivity contribution in [3.63, 3.8) is 0 Å². The van der Waals surface area contributed by atoms with Crippen LogP contribution in [0.4, 0.5) is 8.78 Å². The van der Waals surface area contributed by atoms with Crippen molar-refractivity contribution in [3.05, 3.63) is 71.9 Å². The van der Waals surface area contributed by atoms with E-state index in [1.165, 1.54) is 10.9 Å². The highest BCUT2D eigenvalue weighted by atomic mass is 19.3. The molecule has 1 aliphatic rings. The Hall–Kier alpha value is -3.96. The Balaban J connectivity index is 1.17. The van der Waals surface area contributed by atoms with Gasteiger partial charge in [-0.05, 0) is 35.4 Å². The van der Waals surface area contributed by atoms with Gasteiger partial charge in [-0.3, -0.25) is 4.90 Å². The Morgan fingerprint density at radius 1 is 0.944 bits per heavy atom. The molecule has 9 nitrogen and oxygen atoms in total. The number of halogens is 2. The number of nitrogens with zero attached hydrogens (tertiary/aromatic N) is 6. The number of nitrogens with one attached hydrogen (secondary N) is 1. The van der Waals surface area contributed by atoms with Crippen LogP contribution in [0.25, 0.3) is 33.6 Å². The molecular weight excluding hydrogens is 468 g/mol. The third-order valence-electron chi connectivity index (χ3n) is 6.27. The van der Waals surface area contributed by atoms with Gasteiger partial charge in [0.05, 0.1) is 26.0 Å². The van der Waals surface area contributed by atoms with Crippen LogP contribution in [-0.4, -0.2) is 61.4 Å². The summed E-state index contributed by atoms with van der Waals surface area (Å²) in [4.78, 5) is 5.77. The summed E-state index contributed by atoms with van der Waals surface area (Å²) in [5.41, 5.74) is 5.68. The lowest BCUT2D eigenvalue weighted by molar-refractivity contribution is 0.0343. The van der Waals surface area contributed by atoms with Crippen molar-refractivity contribution in [2.24, 2.45) is 0 Å². The van der Waals surface area contributed by atoms with Crippen LogP contribution in [0.2, 0.25) is 0 Å². The van der Waals surface area contributed by atoms with E-state index < -0.39 is 12.3 Å². The molecule has 0 aliphatic carbocycles. The summed E-state index contributed by atoms with van der Waals surface area (Å²) < 4.78 is 37.6. The zero-order chi connectivity index (χ0) is 24.5. The lowest BCUT2D eigenvalue weighted by Gasteiger charge is -2.26. The average Bonchev–Trinajstić information content (AvgIpc) is 3.66. The Labute approximate surface area is 204 Å². The van der Waals surface area contributed by atoms with Gasteiger partial charge in [-0.2, -0.15) is 8.78 Å². The first kappa shape index (κ1) is 22.5. The number of H-pyrrole nitrogens is 1. The van der Waals surface area contributed by atoms with Crippen LogP contribution in [0.3, 0.4) is 0 Å². The second-order valence-corrected chi connectivity index (χ2v) is 8.71. The molecule has 0 bridgehead atoms. The first-order valence-electron chi connectivity index (χ1n) is 11.6. The molecule has 1 aliphatic heterocycles. The number of hydrogen-bond donors (Lipinski definition) is 1. The molecule has 4 heterocycles. The molecule has 0 atom stereocenters. The Kier molecular flexibility index (Phi) is 5.99. The van der Waals surface area contributed by atoms with E-state index in [1.54, 1.807) is 16.8 Å². The van der Waals surface area contributed by atoms with Gasteiger partial charge < -0.3 is 14.1 Å². The van der Waals surface area contributed by atoms with Gasteiger partial charge in [-0.1, -0.05) is 23.4 Å². The first-order valence-corrected chi connectivity index (χ1v) is 11.6. The molecule has 0 spiro atoms. The number of alkyl halides is 2. The van der Waals surface area contributed by atoms with Gasteiger partial charge in [0, 0.05) is 47.9 Å². The highest BCUT2D eigenvalue weighted by Crippen LogP contribution is 2.27. The maximum atomic E-state index is 12.7. The summed E-state index contributed by atoms with van der Waals surface area (Å²) in [6.07, 6.45) is 1.20. The predicted molar refractivity (Wildman–Crippen MR) is 127 cm³/mol. The molecule has 11 heteroatoms. The molecule has 3 aromatic heterocycles. The van der Waals surface area contributed by atoms with E-state index in [1.807, 2.05) is 24.4 Å². The number of fused-ring (bicyclic) bond motifs is 1. The van der Waals surface area contributed by atoms with Gasteiger partial charge in [0.2, 0.25) is 5.89 Å². The molecule has 1 N–H and O–H groups in total. The number of hydrogen-bond acceptors (Lipinski definition) is 7.